The smallest absolute Gasteiger partial charge is 0.414 e. The Balaban J connectivity index is 1.36. The SMILES string of the molecule is Cn1nnc(N2Cc3cn(-c4ccc(N5CC(CO)OC5=O)cc4F)cc3C2)n1. The van der Waals surface area contributed by atoms with Crippen molar-refractivity contribution in [3.05, 3.63) is 47.5 Å². The number of ether oxygens (including phenoxy) is 1. The lowest BCUT2D eigenvalue weighted by molar-refractivity contribution is 0.0963. The van der Waals surface area contributed by atoms with Gasteiger partial charge in [0.2, 0.25) is 0 Å². The molecule has 150 valence electrons. The van der Waals surface area contributed by atoms with E-state index in [1.54, 1.807) is 23.7 Å². The molecule has 0 saturated carbocycles. The summed E-state index contributed by atoms with van der Waals surface area (Å²) in [4.78, 5) is 16.6. The number of cyclic esters (lactones) is 1. The summed E-state index contributed by atoms with van der Waals surface area (Å²) in [6.45, 7) is 1.17. The van der Waals surface area contributed by atoms with Crippen LogP contribution in [0.3, 0.4) is 0 Å². The van der Waals surface area contributed by atoms with Gasteiger partial charge < -0.3 is 19.3 Å². The van der Waals surface area contributed by atoms with Gasteiger partial charge in [-0.05, 0) is 34.5 Å². The van der Waals surface area contributed by atoms with Crippen molar-refractivity contribution in [1.29, 1.82) is 0 Å². The minimum Gasteiger partial charge on any atom is -0.441 e. The zero-order valence-electron chi connectivity index (χ0n) is 15.6. The van der Waals surface area contributed by atoms with Gasteiger partial charge in [-0.3, -0.25) is 4.90 Å². The Morgan fingerprint density at radius 1 is 1.28 bits per heavy atom. The van der Waals surface area contributed by atoms with E-state index in [9.17, 15) is 9.18 Å². The molecule has 2 aromatic heterocycles. The fraction of sp³-hybridized carbons (Fsp3) is 0.333. The van der Waals surface area contributed by atoms with Gasteiger partial charge in [0, 0.05) is 25.5 Å². The number of tetrazole rings is 1. The predicted molar refractivity (Wildman–Crippen MR) is 99.1 cm³/mol. The maximum atomic E-state index is 14.8. The molecule has 5 rings (SSSR count). The largest absolute Gasteiger partial charge is 0.441 e. The van der Waals surface area contributed by atoms with Crippen LogP contribution < -0.4 is 9.80 Å². The normalized spacial score (nSPS) is 18.4. The summed E-state index contributed by atoms with van der Waals surface area (Å²) in [5.74, 6) is 0.105. The lowest BCUT2D eigenvalue weighted by Crippen LogP contribution is -2.25. The molecule has 1 amide bonds. The van der Waals surface area contributed by atoms with Crippen LogP contribution in [0.4, 0.5) is 20.8 Å². The number of aryl methyl sites for hydroxylation is 1. The van der Waals surface area contributed by atoms with E-state index in [4.69, 9.17) is 9.84 Å². The average molecular weight is 399 g/mol. The van der Waals surface area contributed by atoms with Gasteiger partial charge in [0.25, 0.3) is 5.95 Å². The zero-order valence-corrected chi connectivity index (χ0v) is 15.6. The highest BCUT2D eigenvalue weighted by molar-refractivity contribution is 5.89. The van der Waals surface area contributed by atoms with Gasteiger partial charge in [-0.25, -0.2) is 9.18 Å². The molecule has 2 aliphatic rings. The van der Waals surface area contributed by atoms with Crippen LogP contribution in [0.5, 0.6) is 0 Å². The predicted octanol–water partition coefficient (Wildman–Crippen LogP) is 0.978. The van der Waals surface area contributed by atoms with Crippen molar-refractivity contribution < 1.29 is 19.0 Å². The Morgan fingerprint density at radius 2 is 2.03 bits per heavy atom. The first-order valence-electron chi connectivity index (χ1n) is 9.09. The van der Waals surface area contributed by atoms with E-state index in [0.29, 0.717) is 30.4 Å². The van der Waals surface area contributed by atoms with Crippen LogP contribution in [0.2, 0.25) is 0 Å². The van der Waals surface area contributed by atoms with E-state index in [2.05, 4.69) is 15.4 Å². The third-order valence-corrected chi connectivity index (χ3v) is 5.10. The minimum absolute atomic E-state index is 0.193. The van der Waals surface area contributed by atoms with E-state index in [0.717, 1.165) is 11.1 Å². The van der Waals surface area contributed by atoms with E-state index < -0.39 is 18.0 Å². The second-order valence-corrected chi connectivity index (χ2v) is 7.09. The number of hydrogen-bond acceptors (Lipinski definition) is 7. The van der Waals surface area contributed by atoms with E-state index >= 15 is 0 Å². The van der Waals surface area contributed by atoms with Crippen molar-refractivity contribution in [2.24, 2.45) is 7.05 Å². The maximum absolute atomic E-state index is 14.8. The molecule has 0 radical (unpaired) electrons. The molecule has 1 N–H and O–H groups in total. The second-order valence-electron chi connectivity index (χ2n) is 7.09. The average Bonchev–Trinajstić information content (AvgIpc) is 3.44. The van der Waals surface area contributed by atoms with E-state index in [-0.39, 0.29) is 13.2 Å². The number of hydrogen-bond donors (Lipinski definition) is 1. The Hall–Kier alpha value is -3.47. The molecule has 10 nitrogen and oxygen atoms in total. The number of anilines is 2. The van der Waals surface area contributed by atoms with Crippen LogP contribution in [0.25, 0.3) is 5.69 Å². The molecule has 3 aromatic rings. The highest BCUT2D eigenvalue weighted by Crippen LogP contribution is 2.30. The van der Waals surface area contributed by atoms with Crippen molar-refractivity contribution in [2.75, 3.05) is 23.0 Å². The fourth-order valence-corrected chi connectivity index (χ4v) is 3.67. The van der Waals surface area contributed by atoms with Crippen molar-refractivity contribution in [3.8, 4) is 5.69 Å². The summed E-state index contributed by atoms with van der Waals surface area (Å²) in [6, 6.07) is 4.60. The number of aliphatic hydroxyl groups excluding tert-OH is 1. The molecule has 2 aliphatic heterocycles. The molecule has 0 bridgehead atoms. The number of fused-ring (bicyclic) bond motifs is 1. The zero-order chi connectivity index (χ0) is 20.1. The molecule has 1 saturated heterocycles. The second kappa shape index (κ2) is 6.55. The summed E-state index contributed by atoms with van der Waals surface area (Å²) < 4.78 is 21.6. The van der Waals surface area contributed by atoms with Gasteiger partial charge >= 0.3 is 6.09 Å². The van der Waals surface area contributed by atoms with E-state index in [1.807, 2.05) is 17.3 Å². The van der Waals surface area contributed by atoms with Gasteiger partial charge in [-0.1, -0.05) is 5.10 Å². The van der Waals surface area contributed by atoms with Gasteiger partial charge in [0.15, 0.2) is 0 Å². The number of aromatic nitrogens is 5. The molecule has 0 aliphatic carbocycles. The Kier molecular flexibility index (Phi) is 3.98. The number of benzene rings is 1. The van der Waals surface area contributed by atoms with Crippen LogP contribution >= 0.6 is 0 Å². The first-order chi connectivity index (χ1) is 14.0. The number of carbonyl (C=O) groups excluding carboxylic acids is 1. The molecule has 1 unspecified atom stereocenters. The molecule has 1 fully saturated rings. The number of carbonyl (C=O) groups is 1. The minimum atomic E-state index is -0.593. The number of aliphatic hydroxyl groups is 1. The van der Waals surface area contributed by atoms with Crippen LogP contribution in [-0.2, 0) is 24.9 Å². The Morgan fingerprint density at radius 3 is 2.62 bits per heavy atom. The molecule has 1 aromatic carbocycles. The van der Waals surface area contributed by atoms with Crippen LogP contribution in [-0.4, -0.2) is 55.2 Å². The van der Waals surface area contributed by atoms with Gasteiger partial charge in [0.05, 0.1) is 31.6 Å². The molecule has 1 atom stereocenters. The quantitative estimate of drug-likeness (QED) is 0.698. The van der Waals surface area contributed by atoms with Crippen molar-refractivity contribution in [1.82, 2.24) is 24.8 Å². The Labute approximate surface area is 164 Å². The monoisotopic (exact) mass is 399 g/mol. The molecular weight excluding hydrogens is 381 g/mol. The third-order valence-electron chi connectivity index (χ3n) is 5.10. The van der Waals surface area contributed by atoms with Gasteiger partial charge in [-0.2, -0.15) is 4.80 Å². The first-order valence-corrected chi connectivity index (χ1v) is 9.09. The van der Waals surface area contributed by atoms with Crippen molar-refractivity contribution >= 4 is 17.7 Å². The van der Waals surface area contributed by atoms with Crippen LogP contribution in [0.15, 0.2) is 30.6 Å². The van der Waals surface area contributed by atoms with Crippen LogP contribution in [0.1, 0.15) is 11.1 Å². The molecule has 11 heteroatoms. The summed E-state index contributed by atoms with van der Waals surface area (Å²) >= 11 is 0. The fourth-order valence-electron chi connectivity index (χ4n) is 3.67. The molecule has 29 heavy (non-hydrogen) atoms. The summed E-state index contributed by atoms with van der Waals surface area (Å²) in [5.41, 5.74) is 2.91. The lowest BCUT2D eigenvalue weighted by atomic mass is 10.2. The van der Waals surface area contributed by atoms with E-state index in [1.165, 1.54) is 15.8 Å². The standard InChI is InChI=1S/C18H18FN7O3/c1-23-21-17(20-22-23)25-7-11-5-24(6-12(11)8-25)16-3-2-13(4-15(16)19)26-9-14(10-27)29-18(26)28/h2-6,14,27H,7-10H2,1H3. The topological polar surface area (TPSA) is 102 Å². The molecular formula is C18H18FN7O3. The molecule has 0 spiro atoms. The number of nitrogens with zero attached hydrogens (tertiary/aromatic N) is 7. The molecule has 4 heterocycles. The number of rotatable bonds is 4. The number of amides is 1. The summed E-state index contributed by atoms with van der Waals surface area (Å²) in [7, 11) is 1.71. The van der Waals surface area contributed by atoms with Crippen molar-refractivity contribution in [3.63, 3.8) is 0 Å². The van der Waals surface area contributed by atoms with Gasteiger partial charge in [0.1, 0.15) is 11.9 Å². The Bertz CT molecular complexity index is 1070. The highest BCUT2D eigenvalue weighted by Gasteiger charge is 2.32. The number of halogens is 1. The van der Waals surface area contributed by atoms with Crippen LogP contribution in [0, 0.1) is 5.82 Å². The highest BCUT2D eigenvalue weighted by atomic mass is 19.1. The van der Waals surface area contributed by atoms with Gasteiger partial charge in [-0.15, -0.1) is 5.10 Å². The summed E-state index contributed by atoms with van der Waals surface area (Å²) in [5, 5.41) is 21.2. The maximum Gasteiger partial charge on any atom is 0.414 e. The van der Waals surface area contributed by atoms with Crippen molar-refractivity contribution in [2.45, 2.75) is 19.2 Å². The lowest BCUT2D eigenvalue weighted by Gasteiger charge is -2.15. The third kappa shape index (κ3) is 2.99. The summed E-state index contributed by atoms with van der Waals surface area (Å²) in [6.07, 6.45) is 2.59. The first kappa shape index (κ1) is 17.6.